The second-order valence-corrected chi connectivity index (χ2v) is 8.30. The van der Waals surface area contributed by atoms with Crippen molar-refractivity contribution in [1.29, 1.82) is 0 Å². The summed E-state index contributed by atoms with van der Waals surface area (Å²) in [5.41, 5.74) is 13.4. The van der Waals surface area contributed by atoms with E-state index < -0.39 is 0 Å². The maximum atomic E-state index is 13.6. The number of benzene rings is 2. The number of fused-ring (bicyclic) bond motifs is 1. The van der Waals surface area contributed by atoms with Crippen LogP contribution in [0.5, 0.6) is 0 Å². The largest absolute Gasteiger partial charge is 0.382 e. The molecule has 0 aliphatic carbocycles. The fourth-order valence-electron chi connectivity index (χ4n) is 4.25. The highest BCUT2D eigenvalue weighted by Gasteiger charge is 2.18. The first-order valence-electron chi connectivity index (χ1n) is 10.5. The van der Waals surface area contributed by atoms with Gasteiger partial charge in [-0.05, 0) is 59.2 Å². The highest BCUT2D eigenvalue weighted by Crippen LogP contribution is 2.34. The monoisotopic (exact) mass is 414 g/mol. The van der Waals surface area contributed by atoms with Crippen molar-refractivity contribution in [3.8, 4) is 11.1 Å². The van der Waals surface area contributed by atoms with E-state index >= 15 is 0 Å². The van der Waals surface area contributed by atoms with Crippen molar-refractivity contribution < 1.29 is 4.39 Å². The summed E-state index contributed by atoms with van der Waals surface area (Å²) in [6, 6.07) is 10.9. The van der Waals surface area contributed by atoms with Crippen molar-refractivity contribution in [1.82, 2.24) is 14.4 Å². The van der Waals surface area contributed by atoms with Crippen LogP contribution in [0, 0.1) is 18.7 Å². The lowest BCUT2D eigenvalue weighted by Crippen LogP contribution is -2.07. The van der Waals surface area contributed by atoms with Gasteiger partial charge >= 0.3 is 0 Å². The third-order valence-corrected chi connectivity index (χ3v) is 5.59. The van der Waals surface area contributed by atoms with Gasteiger partial charge in [-0.25, -0.2) is 14.4 Å². The molecular weight excluding hydrogens is 387 g/mol. The lowest BCUT2D eigenvalue weighted by Gasteiger charge is -2.20. The van der Waals surface area contributed by atoms with Gasteiger partial charge < -0.3 is 5.73 Å². The van der Waals surface area contributed by atoms with Crippen LogP contribution in [0.4, 0.5) is 10.2 Å². The zero-order valence-electron chi connectivity index (χ0n) is 18.2. The highest BCUT2D eigenvalue weighted by molar-refractivity contribution is 5.79. The van der Waals surface area contributed by atoms with E-state index in [4.69, 9.17) is 10.7 Å². The lowest BCUT2D eigenvalue weighted by molar-refractivity contribution is 0.628. The molecule has 4 rings (SSSR count). The molecule has 0 amide bonds. The molecule has 2 N–H and O–H groups in total. The summed E-state index contributed by atoms with van der Waals surface area (Å²) in [5.74, 6) is 1.62. The van der Waals surface area contributed by atoms with Crippen LogP contribution in [0.2, 0.25) is 0 Å². The van der Waals surface area contributed by atoms with E-state index in [0.29, 0.717) is 18.2 Å². The lowest BCUT2D eigenvalue weighted by atomic mass is 9.85. The second-order valence-electron chi connectivity index (χ2n) is 8.30. The summed E-state index contributed by atoms with van der Waals surface area (Å²) in [4.78, 5) is 9.00. The molecule has 2 aromatic carbocycles. The standard InChI is InChI=1S/C26H27FN4/c1-5-18-6-7-20(15-23-30-17(4)25-26(28)29-12-13-31(23)25)22(14-16(2)3)24(18)19-8-10-21(27)11-9-19/h5-13,16H,1,14-15H2,2-4H3,(H2,28,29). The summed E-state index contributed by atoms with van der Waals surface area (Å²) < 4.78 is 15.6. The Morgan fingerprint density at radius 3 is 2.58 bits per heavy atom. The molecule has 0 unspecified atom stereocenters. The molecule has 0 fully saturated rings. The molecule has 0 aliphatic heterocycles. The molecule has 158 valence electrons. The van der Waals surface area contributed by atoms with E-state index in [0.717, 1.165) is 40.1 Å². The van der Waals surface area contributed by atoms with Crippen LogP contribution in [-0.2, 0) is 12.8 Å². The van der Waals surface area contributed by atoms with Crippen molar-refractivity contribution in [2.45, 2.75) is 33.6 Å². The molecule has 0 saturated carbocycles. The topological polar surface area (TPSA) is 56.2 Å². The van der Waals surface area contributed by atoms with Crippen molar-refractivity contribution in [2.75, 3.05) is 5.73 Å². The van der Waals surface area contributed by atoms with Crippen molar-refractivity contribution in [3.63, 3.8) is 0 Å². The number of hydrogen-bond donors (Lipinski definition) is 1. The van der Waals surface area contributed by atoms with E-state index in [1.54, 1.807) is 6.20 Å². The number of imidazole rings is 1. The molecule has 0 bridgehead atoms. The molecule has 0 radical (unpaired) electrons. The van der Waals surface area contributed by atoms with Crippen molar-refractivity contribution in [2.24, 2.45) is 5.92 Å². The highest BCUT2D eigenvalue weighted by atomic mass is 19.1. The molecule has 5 heteroatoms. The summed E-state index contributed by atoms with van der Waals surface area (Å²) in [5, 5.41) is 0. The van der Waals surface area contributed by atoms with Crippen LogP contribution in [0.25, 0.3) is 22.7 Å². The first-order chi connectivity index (χ1) is 14.9. The third kappa shape index (κ3) is 3.96. The smallest absolute Gasteiger partial charge is 0.149 e. The quantitative estimate of drug-likeness (QED) is 0.430. The maximum Gasteiger partial charge on any atom is 0.149 e. The first-order valence-corrected chi connectivity index (χ1v) is 10.5. The van der Waals surface area contributed by atoms with Gasteiger partial charge in [-0.3, -0.25) is 4.40 Å². The zero-order valence-corrected chi connectivity index (χ0v) is 18.2. The van der Waals surface area contributed by atoms with Gasteiger partial charge in [0.25, 0.3) is 0 Å². The molecule has 0 saturated heterocycles. The number of nitrogen functional groups attached to an aromatic ring is 1. The van der Waals surface area contributed by atoms with Crippen LogP contribution in [-0.4, -0.2) is 14.4 Å². The maximum absolute atomic E-state index is 13.6. The number of nitrogens with zero attached hydrogens (tertiary/aromatic N) is 3. The third-order valence-electron chi connectivity index (χ3n) is 5.59. The Balaban J connectivity index is 1.91. The van der Waals surface area contributed by atoms with E-state index in [1.165, 1.54) is 23.3 Å². The Hall–Kier alpha value is -3.47. The van der Waals surface area contributed by atoms with Gasteiger partial charge in [0.05, 0.1) is 5.69 Å². The van der Waals surface area contributed by atoms with Crippen molar-refractivity contribution in [3.05, 3.63) is 89.4 Å². The number of halogens is 1. The SMILES string of the molecule is C=Cc1ccc(Cc2nc(C)c3c(N)nccn23)c(CC(C)C)c1-c1ccc(F)cc1. The fraction of sp³-hybridized carbons (Fsp3) is 0.231. The van der Waals surface area contributed by atoms with Gasteiger partial charge in [0.2, 0.25) is 0 Å². The van der Waals surface area contributed by atoms with Gasteiger partial charge in [-0.15, -0.1) is 0 Å². The Morgan fingerprint density at radius 1 is 1.16 bits per heavy atom. The Morgan fingerprint density at radius 2 is 1.90 bits per heavy atom. The van der Waals surface area contributed by atoms with Gasteiger partial charge in [0, 0.05) is 18.8 Å². The van der Waals surface area contributed by atoms with E-state index in [9.17, 15) is 4.39 Å². The number of aromatic nitrogens is 3. The summed E-state index contributed by atoms with van der Waals surface area (Å²) in [6.45, 7) is 10.4. The average molecular weight is 415 g/mol. The normalized spacial score (nSPS) is 11.4. The van der Waals surface area contributed by atoms with Gasteiger partial charge in [0.1, 0.15) is 23.0 Å². The Kier molecular flexibility index (Phi) is 5.59. The molecule has 4 aromatic rings. The molecule has 0 aliphatic rings. The molecule has 4 nitrogen and oxygen atoms in total. The van der Waals surface area contributed by atoms with Crippen LogP contribution in [0.1, 0.15) is 42.1 Å². The number of nitrogens with two attached hydrogens (primary N) is 1. The minimum atomic E-state index is -0.240. The Labute approximate surface area is 182 Å². The first kappa shape index (κ1) is 20.8. The predicted octanol–water partition coefficient (Wildman–Crippen LogP) is 5.86. The fourth-order valence-corrected chi connectivity index (χ4v) is 4.25. The second kappa shape index (κ2) is 8.34. The van der Waals surface area contributed by atoms with E-state index in [1.807, 2.05) is 35.7 Å². The molecule has 2 heterocycles. The molecular formula is C26H27FN4. The Bertz CT molecular complexity index is 1250. The summed E-state index contributed by atoms with van der Waals surface area (Å²) in [6.07, 6.45) is 7.03. The van der Waals surface area contributed by atoms with Gasteiger partial charge in [0.15, 0.2) is 0 Å². The van der Waals surface area contributed by atoms with E-state index in [2.05, 4.69) is 37.5 Å². The molecule has 0 atom stereocenters. The number of anilines is 1. The van der Waals surface area contributed by atoms with Crippen LogP contribution < -0.4 is 5.73 Å². The van der Waals surface area contributed by atoms with Crippen LogP contribution in [0.15, 0.2) is 55.4 Å². The molecule has 0 spiro atoms. The predicted molar refractivity (Wildman–Crippen MR) is 125 cm³/mol. The van der Waals surface area contributed by atoms with Gasteiger partial charge in [-0.2, -0.15) is 0 Å². The average Bonchev–Trinajstić information content (AvgIpc) is 3.06. The number of hydrogen-bond acceptors (Lipinski definition) is 3. The molecule has 2 aromatic heterocycles. The number of rotatable bonds is 6. The molecule has 31 heavy (non-hydrogen) atoms. The van der Waals surface area contributed by atoms with Crippen molar-refractivity contribution >= 4 is 17.4 Å². The number of aryl methyl sites for hydroxylation is 1. The van der Waals surface area contributed by atoms with Crippen LogP contribution >= 0.6 is 0 Å². The summed E-state index contributed by atoms with van der Waals surface area (Å²) >= 11 is 0. The summed E-state index contributed by atoms with van der Waals surface area (Å²) in [7, 11) is 0. The minimum Gasteiger partial charge on any atom is -0.382 e. The zero-order chi connectivity index (χ0) is 22.1. The van der Waals surface area contributed by atoms with Crippen LogP contribution in [0.3, 0.4) is 0 Å². The van der Waals surface area contributed by atoms with Gasteiger partial charge in [-0.1, -0.05) is 50.8 Å². The van der Waals surface area contributed by atoms with E-state index in [-0.39, 0.29) is 5.82 Å². The minimum absolute atomic E-state index is 0.240.